The van der Waals surface area contributed by atoms with Crippen molar-refractivity contribution < 1.29 is 4.42 Å². The number of aryl methyl sites for hydroxylation is 2. The molecule has 2 aromatic rings. The SMILES string of the molecule is CNc1ncc(-c2cc(C)co2)nc1C. The van der Waals surface area contributed by atoms with Crippen molar-refractivity contribution in [3.8, 4) is 11.5 Å². The Labute approximate surface area is 88.4 Å². The lowest BCUT2D eigenvalue weighted by molar-refractivity contribution is 0.577. The van der Waals surface area contributed by atoms with Gasteiger partial charge >= 0.3 is 0 Å². The zero-order chi connectivity index (χ0) is 10.8. The maximum Gasteiger partial charge on any atom is 0.154 e. The van der Waals surface area contributed by atoms with Gasteiger partial charge in [0.25, 0.3) is 0 Å². The first-order chi connectivity index (χ1) is 7.20. The van der Waals surface area contributed by atoms with E-state index in [4.69, 9.17) is 4.42 Å². The third-order valence-electron chi connectivity index (χ3n) is 2.17. The summed E-state index contributed by atoms with van der Waals surface area (Å²) in [5, 5.41) is 2.97. The van der Waals surface area contributed by atoms with Gasteiger partial charge in [-0.2, -0.15) is 0 Å². The van der Waals surface area contributed by atoms with Crippen LogP contribution < -0.4 is 5.32 Å². The third-order valence-corrected chi connectivity index (χ3v) is 2.17. The molecule has 4 heteroatoms. The molecule has 15 heavy (non-hydrogen) atoms. The largest absolute Gasteiger partial charge is 0.462 e. The van der Waals surface area contributed by atoms with Crippen LogP contribution in [0, 0.1) is 13.8 Å². The Kier molecular flexibility index (Phi) is 2.41. The monoisotopic (exact) mass is 203 g/mol. The molecule has 78 valence electrons. The molecule has 0 atom stereocenters. The zero-order valence-electron chi connectivity index (χ0n) is 9.03. The first kappa shape index (κ1) is 9.71. The van der Waals surface area contributed by atoms with Crippen molar-refractivity contribution in [3.63, 3.8) is 0 Å². The van der Waals surface area contributed by atoms with Gasteiger partial charge in [-0.15, -0.1) is 0 Å². The van der Waals surface area contributed by atoms with E-state index < -0.39 is 0 Å². The van der Waals surface area contributed by atoms with E-state index in [1.54, 1.807) is 12.5 Å². The van der Waals surface area contributed by atoms with E-state index in [1.165, 1.54) is 0 Å². The summed E-state index contributed by atoms with van der Waals surface area (Å²) < 4.78 is 5.36. The molecule has 0 spiro atoms. The summed E-state index contributed by atoms with van der Waals surface area (Å²) >= 11 is 0. The Bertz CT molecular complexity index is 476. The summed E-state index contributed by atoms with van der Waals surface area (Å²) in [6.07, 6.45) is 3.41. The van der Waals surface area contributed by atoms with E-state index in [-0.39, 0.29) is 0 Å². The summed E-state index contributed by atoms with van der Waals surface area (Å²) in [5.41, 5.74) is 2.71. The van der Waals surface area contributed by atoms with E-state index >= 15 is 0 Å². The third kappa shape index (κ3) is 1.83. The Morgan fingerprint density at radius 1 is 1.33 bits per heavy atom. The summed E-state index contributed by atoms with van der Waals surface area (Å²) in [4.78, 5) is 8.66. The van der Waals surface area contributed by atoms with Crippen molar-refractivity contribution in [2.75, 3.05) is 12.4 Å². The Morgan fingerprint density at radius 3 is 2.67 bits per heavy atom. The summed E-state index contributed by atoms with van der Waals surface area (Å²) in [6.45, 7) is 3.90. The van der Waals surface area contributed by atoms with Gasteiger partial charge in [-0.25, -0.2) is 9.97 Å². The van der Waals surface area contributed by atoms with Gasteiger partial charge in [0.05, 0.1) is 18.2 Å². The number of anilines is 1. The van der Waals surface area contributed by atoms with Crippen molar-refractivity contribution in [1.82, 2.24) is 9.97 Å². The van der Waals surface area contributed by atoms with Crippen LogP contribution in [0.2, 0.25) is 0 Å². The van der Waals surface area contributed by atoms with Crippen LogP contribution >= 0.6 is 0 Å². The van der Waals surface area contributed by atoms with Gasteiger partial charge in [0.2, 0.25) is 0 Å². The van der Waals surface area contributed by atoms with Crippen LogP contribution in [0.1, 0.15) is 11.3 Å². The van der Waals surface area contributed by atoms with Gasteiger partial charge in [-0.3, -0.25) is 0 Å². The number of rotatable bonds is 2. The molecule has 4 nitrogen and oxygen atoms in total. The number of furan rings is 1. The number of aromatic nitrogens is 2. The molecule has 1 N–H and O–H groups in total. The predicted molar refractivity (Wildman–Crippen MR) is 58.8 cm³/mol. The molecule has 2 rings (SSSR count). The highest BCUT2D eigenvalue weighted by Gasteiger charge is 2.07. The molecule has 0 radical (unpaired) electrons. The second kappa shape index (κ2) is 3.73. The fourth-order valence-electron chi connectivity index (χ4n) is 1.41. The molecule has 0 saturated heterocycles. The fraction of sp³-hybridized carbons (Fsp3) is 0.273. The smallest absolute Gasteiger partial charge is 0.154 e. The Hall–Kier alpha value is -1.84. The summed E-state index contributed by atoms with van der Waals surface area (Å²) in [5.74, 6) is 1.55. The zero-order valence-corrected chi connectivity index (χ0v) is 9.03. The van der Waals surface area contributed by atoms with Crippen molar-refractivity contribution in [2.45, 2.75) is 13.8 Å². The van der Waals surface area contributed by atoms with Crippen LogP contribution in [-0.4, -0.2) is 17.0 Å². The summed E-state index contributed by atoms with van der Waals surface area (Å²) in [6, 6.07) is 1.95. The van der Waals surface area contributed by atoms with Crippen molar-refractivity contribution in [2.24, 2.45) is 0 Å². The molecule has 0 aliphatic heterocycles. The number of hydrogen-bond acceptors (Lipinski definition) is 4. The average molecular weight is 203 g/mol. The highest BCUT2D eigenvalue weighted by atomic mass is 16.3. The molecule has 0 bridgehead atoms. The maximum atomic E-state index is 5.36. The molecule has 2 heterocycles. The molecule has 0 aliphatic rings. The molecular formula is C11H13N3O. The minimum absolute atomic E-state index is 0.755. The quantitative estimate of drug-likeness (QED) is 0.814. The molecule has 0 amide bonds. The van der Waals surface area contributed by atoms with E-state index in [2.05, 4.69) is 15.3 Å². The molecular weight excluding hydrogens is 190 g/mol. The van der Waals surface area contributed by atoms with E-state index in [0.29, 0.717) is 0 Å². The van der Waals surface area contributed by atoms with Crippen LogP contribution in [0.3, 0.4) is 0 Å². The number of nitrogens with zero attached hydrogens (tertiary/aromatic N) is 2. The second-order valence-electron chi connectivity index (χ2n) is 3.43. The van der Waals surface area contributed by atoms with Crippen LogP contribution in [0.5, 0.6) is 0 Å². The highest BCUT2D eigenvalue weighted by molar-refractivity contribution is 5.54. The molecule has 0 aromatic carbocycles. The molecule has 2 aromatic heterocycles. The minimum Gasteiger partial charge on any atom is -0.462 e. The van der Waals surface area contributed by atoms with Crippen LogP contribution in [0.25, 0.3) is 11.5 Å². The van der Waals surface area contributed by atoms with E-state index in [1.807, 2.05) is 27.0 Å². The predicted octanol–water partition coefficient (Wildman–Crippen LogP) is 2.40. The first-order valence-electron chi connectivity index (χ1n) is 4.77. The molecule has 0 unspecified atom stereocenters. The molecule has 0 aliphatic carbocycles. The highest BCUT2D eigenvalue weighted by Crippen LogP contribution is 2.20. The Morgan fingerprint density at radius 2 is 2.13 bits per heavy atom. The van der Waals surface area contributed by atoms with Gasteiger partial charge in [0.1, 0.15) is 11.5 Å². The van der Waals surface area contributed by atoms with Crippen molar-refractivity contribution in [3.05, 3.63) is 29.8 Å². The van der Waals surface area contributed by atoms with E-state index in [0.717, 1.165) is 28.5 Å². The normalized spacial score (nSPS) is 10.3. The average Bonchev–Trinajstić information content (AvgIpc) is 2.65. The van der Waals surface area contributed by atoms with Crippen molar-refractivity contribution in [1.29, 1.82) is 0 Å². The lowest BCUT2D eigenvalue weighted by Gasteiger charge is -2.03. The van der Waals surface area contributed by atoms with Crippen LogP contribution in [-0.2, 0) is 0 Å². The second-order valence-corrected chi connectivity index (χ2v) is 3.43. The standard InChI is InChI=1S/C11H13N3O/c1-7-4-10(15-6-7)9-5-13-11(12-3)8(2)14-9/h4-6H,1-3H3,(H,12,13). The number of hydrogen-bond donors (Lipinski definition) is 1. The maximum absolute atomic E-state index is 5.36. The lowest BCUT2D eigenvalue weighted by Crippen LogP contribution is -1.98. The molecule has 0 fully saturated rings. The minimum atomic E-state index is 0.755. The van der Waals surface area contributed by atoms with Gasteiger partial charge in [0, 0.05) is 7.05 Å². The molecule has 0 saturated carbocycles. The summed E-state index contributed by atoms with van der Waals surface area (Å²) in [7, 11) is 1.83. The first-order valence-corrected chi connectivity index (χ1v) is 4.77. The number of nitrogens with one attached hydrogen (secondary N) is 1. The van der Waals surface area contributed by atoms with Gasteiger partial charge in [-0.1, -0.05) is 0 Å². The lowest BCUT2D eigenvalue weighted by atomic mass is 10.3. The topological polar surface area (TPSA) is 51.0 Å². The van der Waals surface area contributed by atoms with Gasteiger partial charge in [-0.05, 0) is 25.5 Å². The Balaban J connectivity index is 2.42. The fourth-order valence-corrected chi connectivity index (χ4v) is 1.41. The van der Waals surface area contributed by atoms with E-state index in [9.17, 15) is 0 Å². The van der Waals surface area contributed by atoms with Crippen LogP contribution in [0.15, 0.2) is 22.9 Å². The van der Waals surface area contributed by atoms with Crippen LogP contribution in [0.4, 0.5) is 5.82 Å². The van der Waals surface area contributed by atoms with Gasteiger partial charge in [0.15, 0.2) is 5.76 Å². The van der Waals surface area contributed by atoms with Crippen molar-refractivity contribution >= 4 is 5.82 Å². The van der Waals surface area contributed by atoms with Gasteiger partial charge < -0.3 is 9.73 Å².